The van der Waals surface area contributed by atoms with Gasteiger partial charge in [-0.25, -0.2) is 9.97 Å². The molecule has 1 aromatic carbocycles. The average Bonchev–Trinajstić information content (AvgIpc) is 2.60. The van der Waals surface area contributed by atoms with Gasteiger partial charge in [0.1, 0.15) is 16.9 Å². The number of piperidine rings is 1. The van der Waals surface area contributed by atoms with Crippen LogP contribution in [-0.4, -0.2) is 33.9 Å². The summed E-state index contributed by atoms with van der Waals surface area (Å²) in [6.07, 6.45) is 3.29. The lowest BCUT2D eigenvalue weighted by Crippen LogP contribution is -2.38. The van der Waals surface area contributed by atoms with Gasteiger partial charge in [0.15, 0.2) is 5.16 Å². The minimum absolute atomic E-state index is 0.0931. The Kier molecular flexibility index (Phi) is 5.20. The number of carbonyl (C=O) groups excluding carboxylic acids is 1. The standard InChI is InChI=1S/C17H21N5OS/c18-13-11-14(19)21-17(20-13)24-15(12-7-3-1-4-8-12)16(23)22-9-5-2-6-10-22/h1,3-4,7-8,11,15H,2,5-6,9-10H2,(H4,18,19,20,21)/t15-/m1/s1. The first-order chi connectivity index (χ1) is 11.6. The van der Waals surface area contributed by atoms with Crippen LogP contribution in [0.15, 0.2) is 41.6 Å². The van der Waals surface area contributed by atoms with Crippen molar-refractivity contribution in [3.63, 3.8) is 0 Å². The Hall–Kier alpha value is -2.28. The number of anilines is 2. The Morgan fingerprint density at radius 3 is 2.29 bits per heavy atom. The topological polar surface area (TPSA) is 98.1 Å². The number of nitrogen functional groups attached to an aromatic ring is 2. The molecule has 1 aromatic heterocycles. The molecule has 2 heterocycles. The number of amides is 1. The molecule has 0 bridgehead atoms. The van der Waals surface area contributed by atoms with Crippen molar-refractivity contribution < 1.29 is 4.79 Å². The molecular weight excluding hydrogens is 322 g/mol. The van der Waals surface area contributed by atoms with Crippen LogP contribution in [0, 0.1) is 0 Å². The lowest BCUT2D eigenvalue weighted by Gasteiger charge is -2.30. The number of hydrogen-bond donors (Lipinski definition) is 2. The first-order valence-electron chi connectivity index (χ1n) is 8.04. The molecular formula is C17H21N5OS. The van der Waals surface area contributed by atoms with Gasteiger partial charge < -0.3 is 16.4 Å². The van der Waals surface area contributed by atoms with Crippen LogP contribution in [0.5, 0.6) is 0 Å². The van der Waals surface area contributed by atoms with Crippen molar-refractivity contribution >= 4 is 29.3 Å². The number of rotatable bonds is 4. The fourth-order valence-electron chi connectivity index (χ4n) is 2.79. The maximum absolute atomic E-state index is 13.1. The molecule has 0 radical (unpaired) electrons. The van der Waals surface area contributed by atoms with Crippen molar-refractivity contribution in [1.29, 1.82) is 0 Å². The van der Waals surface area contributed by atoms with E-state index in [4.69, 9.17) is 11.5 Å². The summed E-state index contributed by atoms with van der Waals surface area (Å²) < 4.78 is 0. The molecule has 2 aromatic rings. The molecule has 1 amide bonds. The third-order valence-corrected chi connectivity index (χ3v) is 5.07. The fourth-order valence-corrected chi connectivity index (χ4v) is 3.86. The Morgan fingerprint density at radius 2 is 1.67 bits per heavy atom. The Morgan fingerprint density at radius 1 is 1.04 bits per heavy atom. The van der Waals surface area contributed by atoms with E-state index >= 15 is 0 Å². The summed E-state index contributed by atoms with van der Waals surface area (Å²) in [6.45, 7) is 1.62. The number of benzene rings is 1. The average molecular weight is 343 g/mol. The number of nitrogens with zero attached hydrogens (tertiary/aromatic N) is 3. The Labute approximate surface area is 145 Å². The molecule has 3 rings (SSSR count). The van der Waals surface area contributed by atoms with E-state index in [9.17, 15) is 4.79 Å². The van der Waals surface area contributed by atoms with Gasteiger partial charge in [-0.15, -0.1) is 0 Å². The van der Waals surface area contributed by atoms with Crippen LogP contribution in [0.4, 0.5) is 11.6 Å². The molecule has 1 fully saturated rings. The predicted octanol–water partition coefficient (Wildman–Crippen LogP) is 2.49. The van der Waals surface area contributed by atoms with Gasteiger partial charge in [0.2, 0.25) is 5.91 Å². The van der Waals surface area contributed by atoms with Gasteiger partial charge >= 0.3 is 0 Å². The van der Waals surface area contributed by atoms with Gasteiger partial charge in [-0.2, -0.15) is 0 Å². The second kappa shape index (κ2) is 7.53. The van der Waals surface area contributed by atoms with Gasteiger partial charge in [-0.05, 0) is 24.8 Å². The van der Waals surface area contributed by atoms with Crippen molar-refractivity contribution in [2.45, 2.75) is 29.7 Å². The van der Waals surface area contributed by atoms with E-state index < -0.39 is 5.25 Å². The molecule has 0 aliphatic carbocycles. The maximum atomic E-state index is 13.1. The lowest BCUT2D eigenvalue weighted by atomic mass is 10.1. The normalized spacial score (nSPS) is 15.9. The molecule has 4 N–H and O–H groups in total. The summed E-state index contributed by atoms with van der Waals surface area (Å²) in [4.78, 5) is 23.4. The molecule has 1 saturated heterocycles. The molecule has 0 saturated carbocycles. The van der Waals surface area contributed by atoms with Gasteiger partial charge in [0.05, 0.1) is 0 Å². The summed E-state index contributed by atoms with van der Waals surface area (Å²) in [5, 5.41) is 0.0252. The van der Waals surface area contributed by atoms with Crippen molar-refractivity contribution in [3.05, 3.63) is 42.0 Å². The second-order valence-corrected chi connectivity index (χ2v) is 6.87. The Balaban J connectivity index is 1.88. The zero-order chi connectivity index (χ0) is 16.9. The van der Waals surface area contributed by atoms with E-state index in [0.29, 0.717) is 16.8 Å². The summed E-state index contributed by atoms with van der Waals surface area (Å²) in [5.74, 6) is 0.708. The van der Waals surface area contributed by atoms with Gasteiger partial charge in [-0.1, -0.05) is 42.1 Å². The number of hydrogen-bond acceptors (Lipinski definition) is 6. The van der Waals surface area contributed by atoms with Crippen LogP contribution in [0.1, 0.15) is 30.1 Å². The second-order valence-electron chi connectivity index (χ2n) is 5.79. The number of thioether (sulfide) groups is 1. The number of aromatic nitrogens is 2. The molecule has 7 heteroatoms. The largest absolute Gasteiger partial charge is 0.383 e. The predicted molar refractivity (Wildman–Crippen MR) is 96.3 cm³/mol. The first kappa shape index (κ1) is 16.6. The highest BCUT2D eigenvalue weighted by atomic mass is 32.2. The number of carbonyl (C=O) groups is 1. The van der Waals surface area contributed by atoms with Crippen molar-refractivity contribution in [3.8, 4) is 0 Å². The van der Waals surface area contributed by atoms with Crippen LogP contribution in [0.3, 0.4) is 0 Å². The molecule has 0 unspecified atom stereocenters. The van der Waals surface area contributed by atoms with E-state index in [2.05, 4.69) is 9.97 Å². The summed E-state index contributed by atoms with van der Waals surface area (Å²) in [6, 6.07) is 11.2. The van der Waals surface area contributed by atoms with Crippen molar-refractivity contribution in [1.82, 2.24) is 14.9 Å². The minimum Gasteiger partial charge on any atom is -0.383 e. The zero-order valence-corrected chi connectivity index (χ0v) is 14.2. The third-order valence-electron chi connectivity index (χ3n) is 3.96. The van der Waals surface area contributed by atoms with Gasteiger partial charge in [0, 0.05) is 19.2 Å². The van der Waals surface area contributed by atoms with Crippen LogP contribution in [0.2, 0.25) is 0 Å². The zero-order valence-electron chi connectivity index (χ0n) is 13.4. The van der Waals surface area contributed by atoms with E-state index in [1.165, 1.54) is 24.2 Å². The molecule has 24 heavy (non-hydrogen) atoms. The smallest absolute Gasteiger partial charge is 0.240 e. The summed E-state index contributed by atoms with van der Waals surface area (Å²) >= 11 is 1.30. The quantitative estimate of drug-likeness (QED) is 0.654. The summed E-state index contributed by atoms with van der Waals surface area (Å²) in [7, 11) is 0. The van der Waals surface area contributed by atoms with Crippen molar-refractivity contribution in [2.24, 2.45) is 0 Å². The maximum Gasteiger partial charge on any atom is 0.240 e. The highest BCUT2D eigenvalue weighted by Crippen LogP contribution is 2.36. The molecule has 1 aliphatic heterocycles. The van der Waals surface area contributed by atoms with Crippen LogP contribution >= 0.6 is 11.8 Å². The SMILES string of the molecule is Nc1cc(N)nc(S[C@@H](C(=O)N2CCCCC2)c2ccccc2)n1. The number of likely N-dealkylation sites (tertiary alicyclic amines) is 1. The van der Waals surface area contributed by atoms with Crippen molar-refractivity contribution in [2.75, 3.05) is 24.6 Å². The molecule has 6 nitrogen and oxygen atoms in total. The first-order valence-corrected chi connectivity index (χ1v) is 8.92. The van der Waals surface area contributed by atoms with Crippen LogP contribution < -0.4 is 11.5 Å². The molecule has 0 spiro atoms. The Bertz CT molecular complexity index is 683. The van der Waals surface area contributed by atoms with Crippen LogP contribution in [-0.2, 0) is 4.79 Å². The molecule has 1 atom stereocenters. The highest BCUT2D eigenvalue weighted by Gasteiger charge is 2.28. The summed E-state index contributed by atoms with van der Waals surface area (Å²) in [5.41, 5.74) is 12.4. The van der Waals surface area contributed by atoms with E-state index in [-0.39, 0.29) is 5.91 Å². The van der Waals surface area contributed by atoms with E-state index in [1.807, 2.05) is 35.2 Å². The highest BCUT2D eigenvalue weighted by molar-refractivity contribution is 8.00. The minimum atomic E-state index is -0.398. The fraction of sp³-hybridized carbons (Fsp3) is 0.353. The third kappa shape index (κ3) is 3.97. The number of nitrogens with two attached hydrogens (primary N) is 2. The monoisotopic (exact) mass is 343 g/mol. The molecule has 1 aliphatic rings. The van der Waals surface area contributed by atoms with Crippen LogP contribution in [0.25, 0.3) is 0 Å². The van der Waals surface area contributed by atoms with E-state index in [1.54, 1.807) is 0 Å². The van der Waals surface area contributed by atoms with Gasteiger partial charge in [-0.3, -0.25) is 4.79 Å². The lowest BCUT2D eigenvalue weighted by molar-refractivity contribution is -0.131. The van der Waals surface area contributed by atoms with Gasteiger partial charge in [0.25, 0.3) is 0 Å². The molecule has 126 valence electrons. The van der Waals surface area contributed by atoms with E-state index in [0.717, 1.165) is 31.5 Å².